The third-order valence-corrected chi connectivity index (χ3v) is 2.67. The lowest BCUT2D eigenvalue weighted by atomic mass is 10.0. The molecular weight excluding hydrogens is 222 g/mol. The standard InChI is InChI=1S/C11H13ClF2O/c1-6-4-8(9(12)11(13)14)5-7(2)10(6)15-3/h4-5,9,11H,1-3H3. The molecule has 0 fully saturated rings. The number of aryl methyl sites for hydroxylation is 2. The molecule has 1 aromatic rings. The van der Waals surface area contributed by atoms with E-state index in [2.05, 4.69) is 0 Å². The van der Waals surface area contributed by atoms with Gasteiger partial charge in [0.05, 0.1) is 7.11 Å². The molecule has 0 aliphatic rings. The summed E-state index contributed by atoms with van der Waals surface area (Å²) in [5, 5.41) is -1.26. The molecule has 0 heterocycles. The molecule has 4 heteroatoms. The van der Waals surface area contributed by atoms with Crippen molar-refractivity contribution >= 4 is 11.6 Å². The number of hydrogen-bond acceptors (Lipinski definition) is 1. The van der Waals surface area contributed by atoms with Crippen LogP contribution in [0.5, 0.6) is 5.75 Å². The number of methoxy groups -OCH3 is 1. The molecule has 0 aliphatic carbocycles. The largest absolute Gasteiger partial charge is 0.496 e. The molecule has 1 rings (SSSR count). The fraction of sp³-hybridized carbons (Fsp3) is 0.455. The first-order chi connectivity index (χ1) is 6.97. The minimum atomic E-state index is -2.56. The SMILES string of the molecule is COc1c(C)cc(C(Cl)C(F)F)cc1C. The van der Waals surface area contributed by atoms with Crippen LogP contribution in [-0.4, -0.2) is 13.5 Å². The van der Waals surface area contributed by atoms with Gasteiger partial charge in [0, 0.05) is 0 Å². The summed E-state index contributed by atoms with van der Waals surface area (Å²) >= 11 is 5.59. The zero-order chi connectivity index (χ0) is 11.6. The number of benzene rings is 1. The molecule has 0 aliphatic heterocycles. The summed E-state index contributed by atoms with van der Waals surface area (Å²) < 4.78 is 29.9. The Labute approximate surface area is 93.0 Å². The van der Waals surface area contributed by atoms with Crippen LogP contribution in [0.4, 0.5) is 8.78 Å². The van der Waals surface area contributed by atoms with E-state index in [4.69, 9.17) is 16.3 Å². The highest BCUT2D eigenvalue weighted by atomic mass is 35.5. The van der Waals surface area contributed by atoms with Gasteiger partial charge >= 0.3 is 0 Å². The van der Waals surface area contributed by atoms with E-state index in [1.165, 1.54) is 0 Å². The average Bonchev–Trinajstić information content (AvgIpc) is 2.15. The second-order valence-corrected chi connectivity index (χ2v) is 3.89. The van der Waals surface area contributed by atoms with Crippen LogP contribution in [0.3, 0.4) is 0 Å². The van der Waals surface area contributed by atoms with Crippen LogP contribution in [-0.2, 0) is 0 Å². The van der Waals surface area contributed by atoms with Crippen molar-refractivity contribution in [1.82, 2.24) is 0 Å². The maximum atomic E-state index is 12.4. The highest BCUT2D eigenvalue weighted by Gasteiger charge is 2.20. The van der Waals surface area contributed by atoms with E-state index in [-0.39, 0.29) is 0 Å². The molecule has 0 N–H and O–H groups in total. The normalized spacial score (nSPS) is 13.0. The van der Waals surface area contributed by atoms with Crippen LogP contribution in [0.2, 0.25) is 0 Å². The maximum Gasteiger partial charge on any atom is 0.258 e. The van der Waals surface area contributed by atoms with E-state index in [1.54, 1.807) is 19.2 Å². The third kappa shape index (κ3) is 2.59. The van der Waals surface area contributed by atoms with Crippen LogP contribution >= 0.6 is 11.6 Å². The summed E-state index contributed by atoms with van der Waals surface area (Å²) in [4.78, 5) is 0. The van der Waals surface area contributed by atoms with E-state index < -0.39 is 11.8 Å². The van der Waals surface area contributed by atoms with Crippen molar-refractivity contribution < 1.29 is 13.5 Å². The Bertz CT molecular complexity index is 329. The Hall–Kier alpha value is -0.830. The first-order valence-electron chi connectivity index (χ1n) is 4.54. The summed E-state index contributed by atoms with van der Waals surface area (Å²) in [6.45, 7) is 3.62. The summed E-state index contributed by atoms with van der Waals surface area (Å²) in [5.41, 5.74) is 2.07. The summed E-state index contributed by atoms with van der Waals surface area (Å²) in [5.74, 6) is 0.719. The first-order valence-corrected chi connectivity index (χ1v) is 4.98. The van der Waals surface area contributed by atoms with Gasteiger partial charge in [0.1, 0.15) is 11.1 Å². The van der Waals surface area contributed by atoms with Gasteiger partial charge in [-0.05, 0) is 30.5 Å². The topological polar surface area (TPSA) is 9.23 Å². The highest BCUT2D eigenvalue weighted by molar-refractivity contribution is 6.21. The molecule has 0 bridgehead atoms. The molecule has 0 saturated heterocycles. The zero-order valence-electron chi connectivity index (χ0n) is 8.85. The molecule has 1 atom stereocenters. The van der Waals surface area contributed by atoms with Crippen LogP contribution in [0.15, 0.2) is 12.1 Å². The predicted octanol–water partition coefficient (Wildman–Crippen LogP) is 3.86. The number of alkyl halides is 3. The summed E-state index contributed by atoms with van der Waals surface area (Å²) in [6.07, 6.45) is -2.56. The molecule has 15 heavy (non-hydrogen) atoms. The van der Waals surface area contributed by atoms with Crippen molar-refractivity contribution in [1.29, 1.82) is 0 Å². The predicted molar refractivity (Wildman–Crippen MR) is 57.1 cm³/mol. The van der Waals surface area contributed by atoms with Crippen molar-refractivity contribution in [2.45, 2.75) is 25.7 Å². The van der Waals surface area contributed by atoms with E-state index in [1.807, 2.05) is 13.8 Å². The van der Waals surface area contributed by atoms with E-state index >= 15 is 0 Å². The average molecular weight is 235 g/mol. The lowest BCUT2D eigenvalue weighted by Gasteiger charge is -2.14. The second kappa shape index (κ2) is 4.79. The van der Waals surface area contributed by atoms with Crippen molar-refractivity contribution in [3.63, 3.8) is 0 Å². The zero-order valence-corrected chi connectivity index (χ0v) is 9.61. The van der Waals surface area contributed by atoms with Crippen molar-refractivity contribution in [3.8, 4) is 5.75 Å². The number of halogens is 3. The Morgan fingerprint density at radius 3 is 2.00 bits per heavy atom. The van der Waals surface area contributed by atoms with E-state index in [0.717, 1.165) is 16.9 Å². The maximum absolute atomic E-state index is 12.4. The van der Waals surface area contributed by atoms with Gasteiger partial charge in [0.25, 0.3) is 6.43 Å². The lowest BCUT2D eigenvalue weighted by molar-refractivity contribution is 0.143. The minimum absolute atomic E-state index is 0.433. The Balaban J connectivity index is 3.14. The van der Waals surface area contributed by atoms with Crippen LogP contribution in [0.1, 0.15) is 22.1 Å². The fourth-order valence-corrected chi connectivity index (χ4v) is 1.74. The van der Waals surface area contributed by atoms with Crippen LogP contribution in [0.25, 0.3) is 0 Å². The van der Waals surface area contributed by atoms with E-state index in [0.29, 0.717) is 5.56 Å². The Morgan fingerprint density at radius 2 is 1.67 bits per heavy atom. The second-order valence-electron chi connectivity index (χ2n) is 3.42. The smallest absolute Gasteiger partial charge is 0.258 e. The van der Waals surface area contributed by atoms with E-state index in [9.17, 15) is 8.78 Å². The Kier molecular flexibility index (Phi) is 3.91. The minimum Gasteiger partial charge on any atom is -0.496 e. The highest BCUT2D eigenvalue weighted by Crippen LogP contribution is 2.32. The molecular formula is C11H13ClF2O. The van der Waals surface area contributed by atoms with Crippen LogP contribution < -0.4 is 4.74 Å². The van der Waals surface area contributed by atoms with Gasteiger partial charge < -0.3 is 4.74 Å². The number of rotatable bonds is 3. The molecule has 1 aromatic carbocycles. The van der Waals surface area contributed by atoms with Crippen molar-refractivity contribution in [2.75, 3.05) is 7.11 Å². The molecule has 84 valence electrons. The molecule has 0 saturated carbocycles. The quantitative estimate of drug-likeness (QED) is 0.722. The molecule has 1 unspecified atom stereocenters. The van der Waals surface area contributed by atoms with Gasteiger partial charge in [-0.3, -0.25) is 0 Å². The monoisotopic (exact) mass is 234 g/mol. The summed E-state index contributed by atoms with van der Waals surface area (Å²) in [7, 11) is 1.56. The molecule has 1 nitrogen and oxygen atoms in total. The summed E-state index contributed by atoms with van der Waals surface area (Å²) in [6, 6.07) is 3.27. The first kappa shape index (κ1) is 12.2. The van der Waals surface area contributed by atoms with Gasteiger partial charge in [0.2, 0.25) is 0 Å². The molecule has 0 radical (unpaired) electrons. The van der Waals surface area contributed by atoms with Crippen molar-refractivity contribution in [3.05, 3.63) is 28.8 Å². The lowest BCUT2D eigenvalue weighted by Crippen LogP contribution is -2.03. The molecule has 0 aromatic heterocycles. The third-order valence-electron chi connectivity index (χ3n) is 2.23. The molecule has 0 amide bonds. The number of ether oxygens (including phenoxy) is 1. The van der Waals surface area contributed by atoms with Crippen molar-refractivity contribution in [2.24, 2.45) is 0 Å². The van der Waals surface area contributed by atoms with Crippen LogP contribution in [0, 0.1) is 13.8 Å². The van der Waals surface area contributed by atoms with Gasteiger partial charge in [-0.15, -0.1) is 11.6 Å². The van der Waals surface area contributed by atoms with Gasteiger partial charge in [0.15, 0.2) is 0 Å². The Morgan fingerprint density at radius 1 is 1.20 bits per heavy atom. The fourth-order valence-electron chi connectivity index (χ4n) is 1.61. The van der Waals surface area contributed by atoms with Gasteiger partial charge in [-0.2, -0.15) is 0 Å². The number of hydrogen-bond donors (Lipinski definition) is 0. The van der Waals surface area contributed by atoms with Gasteiger partial charge in [-0.1, -0.05) is 12.1 Å². The van der Waals surface area contributed by atoms with Gasteiger partial charge in [-0.25, -0.2) is 8.78 Å². The molecule has 0 spiro atoms.